The first-order valence-electron chi connectivity index (χ1n) is 6.67. The number of rotatable bonds is 5. The molecule has 0 radical (unpaired) electrons. The Kier molecular flexibility index (Phi) is 4.90. The van der Waals surface area contributed by atoms with E-state index in [2.05, 4.69) is 9.71 Å². The van der Waals surface area contributed by atoms with Crippen LogP contribution in [0.25, 0.3) is 0 Å². The van der Waals surface area contributed by atoms with Gasteiger partial charge >= 0.3 is 0 Å². The maximum atomic E-state index is 12.0. The lowest BCUT2D eigenvalue weighted by atomic mass is 9.90. The van der Waals surface area contributed by atoms with Gasteiger partial charge in [0.1, 0.15) is 0 Å². The van der Waals surface area contributed by atoms with Gasteiger partial charge in [-0.05, 0) is 30.4 Å². The van der Waals surface area contributed by atoms with Crippen LogP contribution in [0.4, 0.5) is 0 Å². The van der Waals surface area contributed by atoms with E-state index in [1.54, 1.807) is 6.07 Å². The number of hydrogen-bond donors (Lipinski definition) is 2. The van der Waals surface area contributed by atoms with Crippen molar-refractivity contribution in [1.82, 2.24) is 9.71 Å². The predicted molar refractivity (Wildman–Crippen MR) is 71.9 cm³/mol. The second kappa shape index (κ2) is 6.45. The third-order valence-electron chi connectivity index (χ3n) is 3.54. The molecule has 0 aliphatic heterocycles. The smallest absolute Gasteiger partial charge is 0.258 e. The largest absolute Gasteiger partial charge is 0.392 e. The molecule has 0 amide bonds. The lowest BCUT2D eigenvalue weighted by Crippen LogP contribution is -2.30. The highest BCUT2D eigenvalue weighted by Gasteiger charge is 2.19. The summed E-state index contributed by atoms with van der Waals surface area (Å²) in [7, 11) is -3.53. The van der Waals surface area contributed by atoms with E-state index in [9.17, 15) is 8.42 Å². The van der Waals surface area contributed by atoms with Crippen LogP contribution in [0.3, 0.4) is 0 Å². The average molecular weight is 284 g/mol. The van der Waals surface area contributed by atoms with Crippen LogP contribution < -0.4 is 4.72 Å². The minimum atomic E-state index is -3.53. The lowest BCUT2D eigenvalue weighted by Gasteiger charge is -2.21. The fourth-order valence-corrected chi connectivity index (χ4v) is 3.40. The molecule has 1 aliphatic rings. The van der Waals surface area contributed by atoms with Gasteiger partial charge in [-0.15, -0.1) is 0 Å². The molecule has 1 aromatic rings. The van der Waals surface area contributed by atoms with Crippen LogP contribution in [0.5, 0.6) is 0 Å². The first-order chi connectivity index (χ1) is 9.12. The van der Waals surface area contributed by atoms with Crippen molar-refractivity contribution in [1.29, 1.82) is 0 Å². The van der Waals surface area contributed by atoms with E-state index in [4.69, 9.17) is 5.11 Å². The molecule has 6 heteroatoms. The van der Waals surface area contributed by atoms with Gasteiger partial charge in [0.2, 0.25) is 0 Å². The van der Waals surface area contributed by atoms with Crippen LogP contribution >= 0.6 is 0 Å². The summed E-state index contributed by atoms with van der Waals surface area (Å²) in [5, 5.41) is 8.91. The molecule has 19 heavy (non-hydrogen) atoms. The van der Waals surface area contributed by atoms with E-state index >= 15 is 0 Å². The zero-order chi connectivity index (χ0) is 13.7. The number of nitrogens with one attached hydrogen (secondary N) is 1. The van der Waals surface area contributed by atoms with Crippen LogP contribution in [0.2, 0.25) is 0 Å². The fourth-order valence-electron chi connectivity index (χ4n) is 2.36. The van der Waals surface area contributed by atoms with E-state index < -0.39 is 10.0 Å². The zero-order valence-corrected chi connectivity index (χ0v) is 11.7. The van der Waals surface area contributed by atoms with Gasteiger partial charge in [0, 0.05) is 12.7 Å². The Balaban J connectivity index is 1.96. The van der Waals surface area contributed by atoms with E-state index in [0.29, 0.717) is 18.0 Å². The lowest BCUT2D eigenvalue weighted by molar-refractivity contribution is 0.281. The summed E-state index contributed by atoms with van der Waals surface area (Å²) in [6.45, 7) is 0.356. The van der Waals surface area contributed by atoms with E-state index in [-0.39, 0.29) is 11.6 Å². The summed E-state index contributed by atoms with van der Waals surface area (Å²) in [5.41, 5.74) is 0.603. The minimum absolute atomic E-state index is 0.0144. The van der Waals surface area contributed by atoms with Crippen molar-refractivity contribution in [2.45, 2.75) is 43.7 Å². The Labute approximate surface area is 114 Å². The Bertz CT molecular complexity index is 493. The zero-order valence-electron chi connectivity index (χ0n) is 10.9. The standard InChI is InChI=1S/C13H20N2O3S/c16-10-12-6-7-13(14-8-12)19(17,18)15-9-11-4-2-1-3-5-11/h6-8,11,15-16H,1-5,9-10H2. The summed E-state index contributed by atoms with van der Waals surface area (Å²) in [4.78, 5) is 3.87. The second-order valence-corrected chi connectivity index (χ2v) is 6.73. The van der Waals surface area contributed by atoms with E-state index in [1.807, 2.05) is 0 Å². The van der Waals surface area contributed by atoms with Gasteiger partial charge in [-0.3, -0.25) is 0 Å². The van der Waals surface area contributed by atoms with Gasteiger partial charge in [0.25, 0.3) is 10.0 Å². The number of hydrogen-bond acceptors (Lipinski definition) is 4. The molecule has 1 saturated carbocycles. The first-order valence-corrected chi connectivity index (χ1v) is 8.15. The highest BCUT2D eigenvalue weighted by molar-refractivity contribution is 7.89. The molecule has 5 nitrogen and oxygen atoms in total. The Hall–Kier alpha value is -0.980. The van der Waals surface area contributed by atoms with Crippen molar-refractivity contribution in [3.8, 4) is 0 Å². The molecule has 0 bridgehead atoms. The summed E-state index contributed by atoms with van der Waals surface area (Å²) in [6, 6.07) is 3.00. The quantitative estimate of drug-likeness (QED) is 0.857. The molecule has 0 spiro atoms. The van der Waals surface area contributed by atoms with Gasteiger partial charge in [0.15, 0.2) is 5.03 Å². The molecule has 0 atom stereocenters. The fraction of sp³-hybridized carbons (Fsp3) is 0.615. The molecule has 1 fully saturated rings. The van der Waals surface area contributed by atoms with Crippen LogP contribution in [-0.2, 0) is 16.6 Å². The molecule has 0 unspecified atom stereocenters. The van der Waals surface area contributed by atoms with Gasteiger partial charge in [-0.2, -0.15) is 0 Å². The SMILES string of the molecule is O=S(=O)(NCC1CCCCC1)c1ccc(CO)cn1. The van der Waals surface area contributed by atoms with Gasteiger partial charge in [-0.1, -0.05) is 25.3 Å². The number of aromatic nitrogens is 1. The average Bonchev–Trinajstić information content (AvgIpc) is 2.46. The number of aliphatic hydroxyl groups is 1. The van der Waals surface area contributed by atoms with Crippen molar-refractivity contribution < 1.29 is 13.5 Å². The van der Waals surface area contributed by atoms with Gasteiger partial charge in [0.05, 0.1) is 6.61 Å². The number of sulfonamides is 1. The summed E-state index contributed by atoms with van der Waals surface area (Å²) < 4.78 is 26.7. The highest BCUT2D eigenvalue weighted by atomic mass is 32.2. The van der Waals surface area contributed by atoms with E-state index in [1.165, 1.54) is 31.5 Å². The molecule has 1 aromatic heterocycles. The first kappa shape index (κ1) is 14.4. The van der Waals surface area contributed by atoms with Gasteiger partial charge in [-0.25, -0.2) is 18.1 Å². The molecule has 1 aliphatic carbocycles. The predicted octanol–water partition coefficient (Wildman–Crippen LogP) is 1.43. The number of nitrogens with zero attached hydrogens (tertiary/aromatic N) is 1. The molecule has 1 heterocycles. The van der Waals surface area contributed by atoms with Crippen molar-refractivity contribution in [2.75, 3.05) is 6.54 Å². The normalized spacial score (nSPS) is 17.5. The molecule has 0 aromatic carbocycles. The number of pyridine rings is 1. The van der Waals surface area contributed by atoms with Crippen LogP contribution in [0.15, 0.2) is 23.4 Å². The third-order valence-corrected chi connectivity index (χ3v) is 4.88. The Morgan fingerprint density at radius 3 is 2.58 bits per heavy atom. The Morgan fingerprint density at radius 2 is 2.00 bits per heavy atom. The molecular weight excluding hydrogens is 264 g/mol. The van der Waals surface area contributed by atoms with Gasteiger partial charge < -0.3 is 5.11 Å². The van der Waals surface area contributed by atoms with Crippen LogP contribution in [-0.4, -0.2) is 25.1 Å². The summed E-state index contributed by atoms with van der Waals surface area (Å²) in [5.74, 6) is 0.445. The van der Waals surface area contributed by atoms with Crippen molar-refractivity contribution >= 4 is 10.0 Å². The minimum Gasteiger partial charge on any atom is -0.392 e. The maximum Gasteiger partial charge on any atom is 0.258 e. The summed E-state index contributed by atoms with van der Waals surface area (Å²) in [6.07, 6.45) is 7.22. The van der Waals surface area contributed by atoms with Crippen LogP contribution in [0.1, 0.15) is 37.7 Å². The monoisotopic (exact) mass is 284 g/mol. The Morgan fingerprint density at radius 1 is 1.26 bits per heavy atom. The van der Waals surface area contributed by atoms with Crippen molar-refractivity contribution in [3.63, 3.8) is 0 Å². The molecule has 2 N–H and O–H groups in total. The third kappa shape index (κ3) is 3.99. The van der Waals surface area contributed by atoms with Crippen LogP contribution in [0, 0.1) is 5.92 Å². The van der Waals surface area contributed by atoms with Crippen molar-refractivity contribution in [2.24, 2.45) is 5.92 Å². The molecule has 106 valence electrons. The molecule has 0 saturated heterocycles. The number of aliphatic hydroxyl groups excluding tert-OH is 1. The van der Waals surface area contributed by atoms with E-state index in [0.717, 1.165) is 12.8 Å². The van der Waals surface area contributed by atoms with Crippen molar-refractivity contribution in [3.05, 3.63) is 23.9 Å². The highest BCUT2D eigenvalue weighted by Crippen LogP contribution is 2.23. The topological polar surface area (TPSA) is 79.3 Å². The molecular formula is C13H20N2O3S. The second-order valence-electron chi connectivity index (χ2n) is 5.02. The maximum absolute atomic E-state index is 12.0. The summed E-state index contributed by atoms with van der Waals surface area (Å²) >= 11 is 0. The molecule has 2 rings (SSSR count).